The zero-order valence-electron chi connectivity index (χ0n) is 12.1. The topological polar surface area (TPSA) is 46.5 Å². The first-order valence-electron chi connectivity index (χ1n) is 7.62. The van der Waals surface area contributed by atoms with Gasteiger partial charge in [-0.25, -0.2) is 0 Å². The van der Waals surface area contributed by atoms with Crippen molar-refractivity contribution in [3.63, 3.8) is 0 Å². The summed E-state index contributed by atoms with van der Waals surface area (Å²) in [6.07, 6.45) is 7.92. The van der Waals surface area contributed by atoms with Crippen LogP contribution in [0.5, 0.6) is 5.75 Å². The summed E-state index contributed by atoms with van der Waals surface area (Å²) in [5.41, 5.74) is 2.87. The van der Waals surface area contributed by atoms with Gasteiger partial charge in [0.05, 0.1) is 12.5 Å². The highest BCUT2D eigenvalue weighted by Gasteiger charge is 2.46. The van der Waals surface area contributed by atoms with Gasteiger partial charge >= 0.3 is 5.97 Å². The number of aliphatic carboxylic acids is 1. The molecule has 0 saturated heterocycles. The molecule has 0 bridgehead atoms. The summed E-state index contributed by atoms with van der Waals surface area (Å²) in [6, 6.07) is 4.10. The van der Waals surface area contributed by atoms with E-state index in [0.29, 0.717) is 0 Å². The van der Waals surface area contributed by atoms with Crippen molar-refractivity contribution in [3.05, 3.63) is 28.8 Å². The molecule has 3 nitrogen and oxygen atoms in total. The van der Waals surface area contributed by atoms with Gasteiger partial charge in [0, 0.05) is 5.56 Å². The number of aryl methyl sites for hydroxylation is 1. The summed E-state index contributed by atoms with van der Waals surface area (Å²) in [4.78, 5) is 12.0. The van der Waals surface area contributed by atoms with Crippen LogP contribution in [0.2, 0.25) is 0 Å². The van der Waals surface area contributed by atoms with E-state index in [2.05, 4.69) is 6.07 Å². The molecule has 2 aliphatic carbocycles. The van der Waals surface area contributed by atoms with E-state index >= 15 is 0 Å². The number of carboxylic acids is 1. The number of hydrogen-bond donors (Lipinski definition) is 1. The molecular weight excluding hydrogens is 252 g/mol. The lowest BCUT2D eigenvalue weighted by Crippen LogP contribution is -2.35. The summed E-state index contributed by atoms with van der Waals surface area (Å²) in [7, 11) is 1.65. The van der Waals surface area contributed by atoms with Crippen molar-refractivity contribution < 1.29 is 14.6 Å². The second-order valence-corrected chi connectivity index (χ2v) is 6.08. The first-order chi connectivity index (χ1) is 9.69. The molecule has 108 valence electrons. The van der Waals surface area contributed by atoms with Crippen LogP contribution in [0, 0.1) is 0 Å². The van der Waals surface area contributed by atoms with E-state index in [4.69, 9.17) is 4.74 Å². The molecule has 0 heterocycles. The Morgan fingerprint density at radius 2 is 1.85 bits per heavy atom. The highest BCUT2D eigenvalue weighted by molar-refractivity contribution is 5.84. The summed E-state index contributed by atoms with van der Waals surface area (Å²) in [6.45, 7) is 0. The number of carboxylic acid groups (broad SMARTS) is 1. The first kappa shape index (κ1) is 13.5. The summed E-state index contributed by atoms with van der Waals surface area (Å²) in [5.74, 6) is 0.0993. The van der Waals surface area contributed by atoms with Crippen molar-refractivity contribution in [2.45, 2.75) is 56.8 Å². The average molecular weight is 274 g/mol. The molecule has 0 radical (unpaired) electrons. The van der Waals surface area contributed by atoms with Gasteiger partial charge in [0.25, 0.3) is 0 Å². The van der Waals surface area contributed by atoms with Crippen LogP contribution in [0.1, 0.15) is 55.2 Å². The van der Waals surface area contributed by atoms with Crippen LogP contribution in [0.3, 0.4) is 0 Å². The molecule has 0 aliphatic heterocycles. The molecule has 3 rings (SSSR count). The molecule has 0 amide bonds. The van der Waals surface area contributed by atoms with Gasteiger partial charge in [-0.3, -0.25) is 4.79 Å². The molecule has 1 N–H and O–H groups in total. The van der Waals surface area contributed by atoms with Gasteiger partial charge in [-0.15, -0.1) is 0 Å². The smallest absolute Gasteiger partial charge is 0.314 e. The molecule has 1 fully saturated rings. The number of rotatable bonds is 3. The van der Waals surface area contributed by atoms with Crippen LogP contribution in [-0.4, -0.2) is 18.2 Å². The van der Waals surface area contributed by atoms with E-state index in [1.54, 1.807) is 7.11 Å². The lowest BCUT2D eigenvalue weighted by Gasteiger charge is -2.31. The number of benzene rings is 1. The van der Waals surface area contributed by atoms with Crippen molar-refractivity contribution in [3.8, 4) is 5.75 Å². The molecule has 3 heteroatoms. The first-order valence-corrected chi connectivity index (χ1v) is 7.62. The number of hydrogen-bond acceptors (Lipinski definition) is 2. The minimum absolute atomic E-state index is 0.674. The monoisotopic (exact) mass is 274 g/mol. The van der Waals surface area contributed by atoms with Gasteiger partial charge in [-0.1, -0.05) is 18.9 Å². The summed E-state index contributed by atoms with van der Waals surface area (Å²) < 4.78 is 5.54. The van der Waals surface area contributed by atoms with Crippen molar-refractivity contribution in [2.24, 2.45) is 0 Å². The van der Waals surface area contributed by atoms with Crippen LogP contribution in [0.4, 0.5) is 0 Å². The minimum atomic E-state index is -0.714. The quantitative estimate of drug-likeness (QED) is 0.918. The van der Waals surface area contributed by atoms with Gasteiger partial charge in [-0.2, -0.15) is 0 Å². The fourth-order valence-electron chi connectivity index (χ4n) is 4.05. The zero-order valence-corrected chi connectivity index (χ0v) is 12.1. The fourth-order valence-corrected chi connectivity index (χ4v) is 4.05. The number of carbonyl (C=O) groups is 1. The van der Waals surface area contributed by atoms with Gasteiger partial charge in [0.15, 0.2) is 0 Å². The van der Waals surface area contributed by atoms with Crippen LogP contribution in [-0.2, 0) is 23.1 Å². The third kappa shape index (κ3) is 1.91. The van der Waals surface area contributed by atoms with E-state index in [0.717, 1.165) is 56.3 Å². The van der Waals surface area contributed by atoms with Crippen molar-refractivity contribution >= 4 is 5.97 Å². The number of methoxy groups -OCH3 is 1. The predicted octanol–water partition coefficient (Wildman–Crippen LogP) is 3.47. The maximum Gasteiger partial charge on any atom is 0.314 e. The van der Waals surface area contributed by atoms with Gasteiger partial charge in [0.1, 0.15) is 5.75 Å². The molecule has 2 aliphatic rings. The molecule has 0 atom stereocenters. The highest BCUT2D eigenvalue weighted by Crippen LogP contribution is 2.48. The third-order valence-corrected chi connectivity index (χ3v) is 5.06. The van der Waals surface area contributed by atoms with Crippen LogP contribution < -0.4 is 4.74 Å². The maximum atomic E-state index is 12.0. The van der Waals surface area contributed by atoms with E-state index < -0.39 is 11.4 Å². The fraction of sp³-hybridized carbons (Fsp3) is 0.588. The summed E-state index contributed by atoms with van der Waals surface area (Å²) >= 11 is 0. The van der Waals surface area contributed by atoms with Crippen LogP contribution in [0.25, 0.3) is 0 Å². The van der Waals surface area contributed by atoms with Crippen LogP contribution in [0.15, 0.2) is 12.1 Å². The highest BCUT2D eigenvalue weighted by atomic mass is 16.5. The minimum Gasteiger partial charge on any atom is -0.496 e. The van der Waals surface area contributed by atoms with Crippen molar-refractivity contribution in [2.75, 3.05) is 7.11 Å². The van der Waals surface area contributed by atoms with Crippen molar-refractivity contribution in [1.29, 1.82) is 0 Å². The molecule has 1 aromatic rings. The standard InChI is InChI=1S/C17H22O3/c1-20-14-9-8-12-6-2-3-7-13(12)15(14)17(16(18)19)10-4-5-11-17/h8-9H,2-7,10-11H2,1H3,(H,18,19). The van der Waals surface area contributed by atoms with Crippen LogP contribution >= 0.6 is 0 Å². The lowest BCUT2D eigenvalue weighted by atomic mass is 9.72. The molecule has 0 spiro atoms. The SMILES string of the molecule is COc1ccc2c(c1C1(C(=O)O)CCCC1)CCCC2. The van der Waals surface area contributed by atoms with Gasteiger partial charge in [0.2, 0.25) is 0 Å². The second-order valence-electron chi connectivity index (χ2n) is 6.08. The Morgan fingerprint density at radius 1 is 1.15 bits per heavy atom. The molecule has 1 saturated carbocycles. The Bertz CT molecular complexity index is 527. The molecule has 1 aromatic carbocycles. The van der Waals surface area contributed by atoms with E-state index in [9.17, 15) is 9.90 Å². The third-order valence-electron chi connectivity index (χ3n) is 5.06. The summed E-state index contributed by atoms with van der Waals surface area (Å²) in [5, 5.41) is 9.88. The predicted molar refractivity (Wildman–Crippen MR) is 77.4 cm³/mol. The van der Waals surface area contributed by atoms with Gasteiger partial charge < -0.3 is 9.84 Å². The largest absolute Gasteiger partial charge is 0.496 e. The Kier molecular flexibility index (Phi) is 3.45. The molecular formula is C17H22O3. The Labute approximate surface area is 120 Å². The average Bonchev–Trinajstić information content (AvgIpc) is 2.96. The van der Waals surface area contributed by atoms with E-state index in [1.165, 1.54) is 17.5 Å². The normalized spacial score (nSPS) is 20.4. The zero-order chi connectivity index (χ0) is 14.2. The van der Waals surface area contributed by atoms with Gasteiger partial charge in [-0.05, 0) is 55.7 Å². The Hall–Kier alpha value is -1.51. The number of ether oxygens (including phenoxy) is 1. The maximum absolute atomic E-state index is 12.0. The molecule has 20 heavy (non-hydrogen) atoms. The van der Waals surface area contributed by atoms with E-state index in [-0.39, 0.29) is 0 Å². The Balaban J connectivity index is 2.22. The lowest BCUT2D eigenvalue weighted by molar-refractivity contribution is -0.143. The second kappa shape index (κ2) is 5.12. The molecule has 0 unspecified atom stereocenters. The van der Waals surface area contributed by atoms with Crippen molar-refractivity contribution in [1.82, 2.24) is 0 Å². The Morgan fingerprint density at radius 3 is 2.50 bits per heavy atom. The van der Waals surface area contributed by atoms with E-state index in [1.807, 2.05) is 6.07 Å². The number of fused-ring (bicyclic) bond motifs is 1. The molecule has 0 aromatic heterocycles.